The van der Waals surface area contributed by atoms with Crippen LogP contribution in [0.2, 0.25) is 0 Å². The van der Waals surface area contributed by atoms with E-state index in [1.54, 1.807) is 25.1 Å². The Kier molecular flexibility index (Phi) is 5.12. The molecule has 1 heterocycles. The van der Waals surface area contributed by atoms with Crippen molar-refractivity contribution in [3.63, 3.8) is 0 Å². The molecule has 4 rings (SSSR count). The molecule has 29 heavy (non-hydrogen) atoms. The Balaban J connectivity index is 1.88. The number of esters is 1. The molecule has 2 N–H and O–H groups in total. The van der Waals surface area contributed by atoms with E-state index in [1.165, 1.54) is 0 Å². The van der Waals surface area contributed by atoms with Crippen LogP contribution >= 0.6 is 0 Å². The normalized spacial score (nSPS) is 14.0. The predicted octanol–water partition coefficient (Wildman–Crippen LogP) is 4.80. The van der Waals surface area contributed by atoms with E-state index in [1.807, 2.05) is 60.7 Å². The molecule has 0 aliphatic carbocycles. The molecule has 0 fully saturated rings. The number of ether oxygens (including phenoxy) is 1. The number of carbonyl (C=O) groups excluding carboxylic acids is 2. The molecule has 0 saturated carbocycles. The van der Waals surface area contributed by atoms with Gasteiger partial charge in [0, 0.05) is 16.9 Å². The summed E-state index contributed by atoms with van der Waals surface area (Å²) in [7, 11) is 0. The largest absolute Gasteiger partial charge is 0.462 e. The summed E-state index contributed by atoms with van der Waals surface area (Å²) in [6, 6.07) is 24.4. The zero-order chi connectivity index (χ0) is 20.2. The number of carbonyl (C=O) groups is 2. The maximum atomic E-state index is 12.9. The Labute approximate surface area is 169 Å². The Morgan fingerprint density at radius 1 is 0.931 bits per heavy atom. The summed E-state index contributed by atoms with van der Waals surface area (Å²) < 4.78 is 5.11. The molecule has 1 aliphatic heterocycles. The molecule has 3 aromatic carbocycles. The monoisotopic (exact) mass is 384 g/mol. The van der Waals surface area contributed by atoms with E-state index < -0.39 is 5.97 Å². The number of fused-ring (bicyclic) bond motifs is 1. The quantitative estimate of drug-likeness (QED) is 0.490. The number of rotatable bonds is 5. The van der Waals surface area contributed by atoms with Crippen LogP contribution < -0.4 is 10.6 Å². The van der Waals surface area contributed by atoms with Gasteiger partial charge >= 0.3 is 5.97 Å². The highest BCUT2D eigenvalue weighted by molar-refractivity contribution is 6.37. The van der Waals surface area contributed by atoms with Crippen LogP contribution in [0.1, 0.15) is 28.4 Å². The second-order valence-electron chi connectivity index (χ2n) is 6.54. The van der Waals surface area contributed by atoms with Gasteiger partial charge in [-0.05, 0) is 42.8 Å². The molecular weight excluding hydrogens is 364 g/mol. The number of hydrogen-bond donors (Lipinski definition) is 2. The molecule has 0 radical (unpaired) electrons. The molecular formula is C24H20N2O3. The van der Waals surface area contributed by atoms with E-state index in [9.17, 15) is 9.59 Å². The third kappa shape index (κ3) is 3.75. The van der Waals surface area contributed by atoms with E-state index in [2.05, 4.69) is 10.6 Å². The van der Waals surface area contributed by atoms with Crippen LogP contribution in [-0.4, -0.2) is 18.5 Å². The van der Waals surface area contributed by atoms with Gasteiger partial charge in [0.25, 0.3) is 5.91 Å². The van der Waals surface area contributed by atoms with Gasteiger partial charge < -0.3 is 15.4 Å². The fraction of sp³-hybridized carbons (Fsp3) is 0.0833. The lowest BCUT2D eigenvalue weighted by molar-refractivity contribution is -0.110. The highest BCUT2D eigenvalue weighted by Gasteiger charge is 2.29. The van der Waals surface area contributed by atoms with Crippen molar-refractivity contribution in [3.05, 3.63) is 95.6 Å². The molecule has 144 valence electrons. The van der Waals surface area contributed by atoms with Gasteiger partial charge in [-0.1, -0.05) is 48.5 Å². The van der Waals surface area contributed by atoms with E-state index in [0.717, 1.165) is 11.3 Å². The summed E-state index contributed by atoms with van der Waals surface area (Å²) in [5.74, 6) is -0.630. The Morgan fingerprint density at radius 3 is 2.31 bits per heavy atom. The third-order valence-electron chi connectivity index (χ3n) is 4.63. The van der Waals surface area contributed by atoms with E-state index >= 15 is 0 Å². The average Bonchev–Trinajstić information content (AvgIpc) is 3.08. The van der Waals surface area contributed by atoms with Crippen molar-refractivity contribution in [3.8, 4) is 0 Å². The SMILES string of the molecule is CCOC(=O)c1ccc2c(c1)/C(=C(/Nc1ccccc1)c1ccccc1)C(=O)N2. The van der Waals surface area contributed by atoms with Crippen LogP contribution in [0.3, 0.4) is 0 Å². The van der Waals surface area contributed by atoms with Gasteiger partial charge in [0.2, 0.25) is 0 Å². The molecule has 0 atom stereocenters. The molecule has 3 aromatic rings. The number of hydrogen-bond acceptors (Lipinski definition) is 4. The molecule has 0 unspecified atom stereocenters. The molecule has 1 amide bonds. The Bertz CT molecular complexity index is 1090. The van der Waals surface area contributed by atoms with Crippen LogP contribution in [0.15, 0.2) is 78.9 Å². The lowest BCUT2D eigenvalue weighted by Crippen LogP contribution is -2.10. The maximum Gasteiger partial charge on any atom is 0.338 e. The van der Waals surface area contributed by atoms with Crippen LogP contribution in [0.25, 0.3) is 11.3 Å². The van der Waals surface area contributed by atoms with Crippen molar-refractivity contribution >= 4 is 34.5 Å². The lowest BCUT2D eigenvalue weighted by atomic mass is 9.98. The number of nitrogens with one attached hydrogen (secondary N) is 2. The van der Waals surface area contributed by atoms with Crippen molar-refractivity contribution in [1.29, 1.82) is 0 Å². The minimum absolute atomic E-state index is 0.219. The van der Waals surface area contributed by atoms with Crippen LogP contribution in [-0.2, 0) is 9.53 Å². The lowest BCUT2D eigenvalue weighted by Gasteiger charge is -2.15. The van der Waals surface area contributed by atoms with Crippen LogP contribution in [0, 0.1) is 0 Å². The Morgan fingerprint density at radius 2 is 1.62 bits per heavy atom. The first kappa shape index (κ1) is 18.5. The van der Waals surface area contributed by atoms with Gasteiger partial charge in [0.15, 0.2) is 0 Å². The van der Waals surface area contributed by atoms with E-state index in [-0.39, 0.29) is 5.91 Å². The van der Waals surface area contributed by atoms with Crippen molar-refractivity contribution in [2.24, 2.45) is 0 Å². The zero-order valence-electron chi connectivity index (χ0n) is 15.9. The first-order chi connectivity index (χ1) is 14.2. The maximum absolute atomic E-state index is 12.9. The number of amides is 1. The van der Waals surface area contributed by atoms with Crippen molar-refractivity contribution in [2.45, 2.75) is 6.92 Å². The summed E-state index contributed by atoms with van der Waals surface area (Å²) in [5.41, 5.74) is 4.64. The fourth-order valence-electron chi connectivity index (χ4n) is 3.31. The van der Waals surface area contributed by atoms with Crippen molar-refractivity contribution in [1.82, 2.24) is 0 Å². The fourth-order valence-corrected chi connectivity index (χ4v) is 3.31. The number of benzene rings is 3. The van der Waals surface area contributed by atoms with Crippen molar-refractivity contribution < 1.29 is 14.3 Å². The topological polar surface area (TPSA) is 67.4 Å². The van der Waals surface area contributed by atoms with E-state index in [0.29, 0.717) is 34.7 Å². The number of para-hydroxylation sites is 1. The average molecular weight is 384 g/mol. The summed E-state index contributed by atoms with van der Waals surface area (Å²) in [6.45, 7) is 2.06. The second kappa shape index (κ2) is 8.02. The van der Waals surface area contributed by atoms with Gasteiger partial charge in [0.1, 0.15) is 0 Å². The minimum atomic E-state index is -0.411. The van der Waals surface area contributed by atoms with Gasteiger partial charge in [-0.15, -0.1) is 0 Å². The summed E-state index contributed by atoms with van der Waals surface area (Å²) in [5, 5.41) is 6.28. The summed E-state index contributed by atoms with van der Waals surface area (Å²) in [6.07, 6.45) is 0. The minimum Gasteiger partial charge on any atom is -0.462 e. The molecule has 0 aromatic heterocycles. The zero-order valence-corrected chi connectivity index (χ0v) is 15.9. The smallest absolute Gasteiger partial charge is 0.338 e. The van der Waals surface area contributed by atoms with E-state index in [4.69, 9.17) is 4.74 Å². The second-order valence-corrected chi connectivity index (χ2v) is 6.54. The van der Waals surface area contributed by atoms with Crippen LogP contribution in [0.5, 0.6) is 0 Å². The molecule has 5 nitrogen and oxygen atoms in total. The molecule has 0 spiro atoms. The first-order valence-electron chi connectivity index (χ1n) is 9.42. The summed E-state index contributed by atoms with van der Waals surface area (Å²) >= 11 is 0. The van der Waals surface area contributed by atoms with Gasteiger partial charge in [-0.25, -0.2) is 4.79 Å². The van der Waals surface area contributed by atoms with Crippen molar-refractivity contribution in [2.75, 3.05) is 17.2 Å². The highest BCUT2D eigenvalue weighted by Crippen LogP contribution is 2.38. The first-order valence-corrected chi connectivity index (χ1v) is 9.42. The highest BCUT2D eigenvalue weighted by atomic mass is 16.5. The standard InChI is InChI=1S/C24H20N2O3/c1-2-29-24(28)17-13-14-20-19(15-17)21(23(27)26-20)22(16-9-5-3-6-10-16)25-18-11-7-4-8-12-18/h3-15,25H,2H2,1H3,(H,26,27)/b22-21-. The number of anilines is 2. The Hall–Kier alpha value is -3.86. The van der Waals surface area contributed by atoms with Crippen LogP contribution in [0.4, 0.5) is 11.4 Å². The van der Waals surface area contributed by atoms with Gasteiger partial charge in [-0.2, -0.15) is 0 Å². The van der Waals surface area contributed by atoms with Gasteiger partial charge in [-0.3, -0.25) is 4.79 Å². The molecule has 0 bridgehead atoms. The predicted molar refractivity (Wildman–Crippen MR) is 114 cm³/mol. The third-order valence-corrected chi connectivity index (χ3v) is 4.63. The molecule has 5 heteroatoms. The summed E-state index contributed by atoms with van der Waals surface area (Å²) in [4.78, 5) is 25.1. The van der Waals surface area contributed by atoms with Gasteiger partial charge in [0.05, 0.1) is 23.4 Å². The molecule has 1 aliphatic rings. The molecule has 0 saturated heterocycles.